The van der Waals surface area contributed by atoms with E-state index in [1.165, 1.54) is 6.20 Å². The minimum Gasteiger partial charge on any atom is -0.496 e. The van der Waals surface area contributed by atoms with Crippen molar-refractivity contribution in [1.82, 2.24) is 9.97 Å². The van der Waals surface area contributed by atoms with Gasteiger partial charge in [-0.05, 0) is 11.6 Å². The lowest BCUT2D eigenvalue weighted by Gasteiger charge is -2.10. The Morgan fingerprint density at radius 3 is 2.11 bits per heavy atom. The van der Waals surface area contributed by atoms with Gasteiger partial charge in [-0.15, -0.1) is 0 Å². The Morgan fingerprint density at radius 1 is 0.947 bits per heavy atom. The van der Waals surface area contributed by atoms with Crippen molar-refractivity contribution in [3.05, 3.63) is 34.7 Å². The minimum atomic E-state index is 0.0502. The molecule has 19 heavy (non-hydrogen) atoms. The minimum absolute atomic E-state index is 0.0502. The quantitative estimate of drug-likeness (QED) is 0.808. The van der Waals surface area contributed by atoms with Gasteiger partial charge in [-0.3, -0.25) is 0 Å². The van der Waals surface area contributed by atoms with Crippen LogP contribution >= 0.6 is 23.2 Å². The molecule has 1 heterocycles. The summed E-state index contributed by atoms with van der Waals surface area (Å²) < 4.78 is 15.8. The molecule has 100 valence electrons. The molecule has 0 radical (unpaired) electrons. The van der Waals surface area contributed by atoms with E-state index in [0.717, 1.165) is 0 Å². The van der Waals surface area contributed by atoms with Crippen molar-refractivity contribution in [3.63, 3.8) is 0 Å². The summed E-state index contributed by atoms with van der Waals surface area (Å²) in [5, 5.41) is 0.306. The lowest BCUT2D eigenvalue weighted by atomic mass is 10.3. The monoisotopic (exact) mass is 300 g/mol. The van der Waals surface area contributed by atoms with E-state index < -0.39 is 0 Å². The second kappa shape index (κ2) is 5.95. The maximum absolute atomic E-state index is 5.92. The van der Waals surface area contributed by atoms with Crippen molar-refractivity contribution in [3.8, 4) is 23.1 Å². The molecule has 0 N–H and O–H groups in total. The summed E-state index contributed by atoms with van der Waals surface area (Å²) in [4.78, 5) is 7.64. The first-order valence-corrected chi connectivity index (χ1v) is 5.97. The summed E-state index contributed by atoms with van der Waals surface area (Å²) in [7, 11) is 3.10. The Kier molecular flexibility index (Phi) is 4.29. The SMILES string of the molecule is COc1cc(OC)cc(Oc2nc(Cl)ncc2Cl)c1. The van der Waals surface area contributed by atoms with Crippen molar-refractivity contribution < 1.29 is 14.2 Å². The van der Waals surface area contributed by atoms with Gasteiger partial charge in [0.05, 0.1) is 20.4 Å². The molecule has 0 amide bonds. The fraction of sp³-hybridized carbons (Fsp3) is 0.167. The van der Waals surface area contributed by atoms with Crippen LogP contribution in [0.5, 0.6) is 23.1 Å². The predicted molar refractivity (Wildman–Crippen MR) is 71.7 cm³/mol. The van der Waals surface area contributed by atoms with Crippen LogP contribution in [0.4, 0.5) is 0 Å². The van der Waals surface area contributed by atoms with Gasteiger partial charge in [-0.2, -0.15) is 4.98 Å². The maximum Gasteiger partial charge on any atom is 0.242 e. The van der Waals surface area contributed by atoms with E-state index >= 15 is 0 Å². The fourth-order valence-electron chi connectivity index (χ4n) is 1.35. The van der Waals surface area contributed by atoms with Gasteiger partial charge < -0.3 is 14.2 Å². The van der Waals surface area contributed by atoms with E-state index in [4.69, 9.17) is 37.4 Å². The number of benzene rings is 1. The predicted octanol–water partition coefficient (Wildman–Crippen LogP) is 3.59. The van der Waals surface area contributed by atoms with Crippen LogP contribution in [-0.4, -0.2) is 24.2 Å². The molecule has 2 aromatic rings. The molecule has 1 aromatic heterocycles. The zero-order valence-electron chi connectivity index (χ0n) is 10.2. The molecule has 0 fully saturated rings. The number of methoxy groups -OCH3 is 2. The normalized spacial score (nSPS) is 10.1. The highest BCUT2D eigenvalue weighted by Gasteiger charge is 2.09. The first kappa shape index (κ1) is 13.7. The first-order chi connectivity index (χ1) is 9.12. The molecule has 0 saturated carbocycles. The van der Waals surface area contributed by atoms with Gasteiger partial charge >= 0.3 is 0 Å². The molecule has 0 saturated heterocycles. The second-order valence-electron chi connectivity index (χ2n) is 3.44. The van der Waals surface area contributed by atoms with Crippen molar-refractivity contribution in [1.29, 1.82) is 0 Å². The Hall–Kier alpha value is -1.72. The van der Waals surface area contributed by atoms with Gasteiger partial charge in [0.1, 0.15) is 22.3 Å². The summed E-state index contributed by atoms with van der Waals surface area (Å²) in [6.45, 7) is 0. The van der Waals surface area contributed by atoms with E-state index in [0.29, 0.717) is 17.2 Å². The van der Waals surface area contributed by atoms with Crippen LogP contribution in [0, 0.1) is 0 Å². The van der Waals surface area contributed by atoms with Crippen LogP contribution in [0.2, 0.25) is 10.3 Å². The molecule has 7 heteroatoms. The Morgan fingerprint density at radius 2 is 1.53 bits per heavy atom. The van der Waals surface area contributed by atoms with Crippen LogP contribution in [0.1, 0.15) is 0 Å². The van der Waals surface area contributed by atoms with Gasteiger partial charge in [0.25, 0.3) is 0 Å². The molecule has 1 aromatic carbocycles. The summed E-state index contributed by atoms with van der Waals surface area (Å²) in [5.41, 5.74) is 0. The van der Waals surface area contributed by atoms with E-state index in [2.05, 4.69) is 9.97 Å². The van der Waals surface area contributed by atoms with Gasteiger partial charge in [0, 0.05) is 18.2 Å². The molecule has 0 unspecified atom stereocenters. The van der Waals surface area contributed by atoms with Crippen LogP contribution in [0.25, 0.3) is 0 Å². The number of hydrogen-bond acceptors (Lipinski definition) is 5. The van der Waals surface area contributed by atoms with Gasteiger partial charge in [-0.25, -0.2) is 4.98 Å². The Balaban J connectivity index is 2.34. The van der Waals surface area contributed by atoms with E-state index in [9.17, 15) is 0 Å². The molecule has 2 rings (SSSR count). The number of rotatable bonds is 4. The van der Waals surface area contributed by atoms with E-state index in [1.54, 1.807) is 32.4 Å². The lowest BCUT2D eigenvalue weighted by molar-refractivity contribution is 0.385. The summed E-state index contributed by atoms with van der Waals surface area (Å²) in [6, 6.07) is 5.07. The Labute approximate surface area is 120 Å². The van der Waals surface area contributed by atoms with Crippen LogP contribution in [-0.2, 0) is 0 Å². The average Bonchev–Trinajstić information content (AvgIpc) is 2.42. The third-order valence-electron chi connectivity index (χ3n) is 2.22. The second-order valence-corrected chi connectivity index (χ2v) is 4.19. The highest BCUT2D eigenvalue weighted by atomic mass is 35.5. The molecular weight excluding hydrogens is 291 g/mol. The Bertz CT molecular complexity index is 571. The van der Waals surface area contributed by atoms with Crippen molar-refractivity contribution in [2.24, 2.45) is 0 Å². The van der Waals surface area contributed by atoms with Crippen LogP contribution < -0.4 is 14.2 Å². The molecular formula is C12H10Cl2N2O3. The van der Waals surface area contributed by atoms with Crippen molar-refractivity contribution in [2.75, 3.05) is 14.2 Å². The van der Waals surface area contributed by atoms with E-state index in [1.807, 2.05) is 0 Å². The smallest absolute Gasteiger partial charge is 0.242 e. The molecule has 5 nitrogen and oxygen atoms in total. The molecule has 0 bridgehead atoms. The molecule has 0 atom stereocenters. The molecule has 0 aliphatic rings. The van der Waals surface area contributed by atoms with E-state index in [-0.39, 0.29) is 16.2 Å². The third kappa shape index (κ3) is 3.39. The fourth-order valence-corrected chi connectivity index (χ4v) is 1.61. The third-order valence-corrected chi connectivity index (χ3v) is 2.66. The summed E-state index contributed by atoms with van der Waals surface area (Å²) in [5.74, 6) is 1.81. The number of aromatic nitrogens is 2. The zero-order valence-corrected chi connectivity index (χ0v) is 11.7. The van der Waals surface area contributed by atoms with Crippen LogP contribution in [0.15, 0.2) is 24.4 Å². The zero-order chi connectivity index (χ0) is 13.8. The highest BCUT2D eigenvalue weighted by molar-refractivity contribution is 6.32. The molecule has 0 spiro atoms. The highest BCUT2D eigenvalue weighted by Crippen LogP contribution is 2.32. The summed E-state index contributed by atoms with van der Waals surface area (Å²) >= 11 is 11.6. The number of ether oxygens (including phenoxy) is 3. The molecule has 0 aliphatic carbocycles. The largest absolute Gasteiger partial charge is 0.496 e. The number of nitrogens with zero attached hydrogens (tertiary/aromatic N) is 2. The van der Waals surface area contributed by atoms with Gasteiger partial charge in [0.15, 0.2) is 0 Å². The van der Waals surface area contributed by atoms with Gasteiger partial charge in [-0.1, -0.05) is 11.6 Å². The topological polar surface area (TPSA) is 53.5 Å². The number of halogens is 2. The average molecular weight is 301 g/mol. The maximum atomic E-state index is 5.92. The lowest BCUT2D eigenvalue weighted by Crippen LogP contribution is -1.93. The molecule has 0 aliphatic heterocycles. The first-order valence-electron chi connectivity index (χ1n) is 5.21. The van der Waals surface area contributed by atoms with Crippen LogP contribution in [0.3, 0.4) is 0 Å². The number of hydrogen-bond donors (Lipinski definition) is 0. The van der Waals surface area contributed by atoms with Crippen molar-refractivity contribution in [2.45, 2.75) is 0 Å². The van der Waals surface area contributed by atoms with Gasteiger partial charge in [0.2, 0.25) is 11.2 Å². The summed E-state index contributed by atoms with van der Waals surface area (Å²) in [6.07, 6.45) is 1.36. The standard InChI is InChI=1S/C12H10Cl2N2O3/c1-17-7-3-8(18-2)5-9(4-7)19-11-10(13)6-15-12(14)16-11/h3-6H,1-2H3. The van der Waals surface area contributed by atoms with Crippen molar-refractivity contribution >= 4 is 23.2 Å².